The minimum Gasteiger partial charge on any atom is -0.480 e. The third-order valence-corrected chi connectivity index (χ3v) is 3.39. The molecule has 2 heterocycles. The quantitative estimate of drug-likeness (QED) is 0.580. The van der Waals surface area contributed by atoms with Crippen molar-refractivity contribution in [3.8, 4) is 0 Å². The molecule has 11 heteroatoms. The monoisotopic (exact) mass is 378 g/mol. The molecule has 1 aromatic carbocycles. The number of carboxylic acids is 1. The predicted molar refractivity (Wildman–Crippen MR) is 88.8 cm³/mol. The molecule has 8 nitrogen and oxygen atoms in total. The van der Waals surface area contributed by atoms with Crippen molar-refractivity contribution in [2.45, 2.75) is 13.1 Å². The van der Waals surface area contributed by atoms with Crippen LogP contribution in [0.2, 0.25) is 0 Å². The van der Waals surface area contributed by atoms with Crippen molar-refractivity contribution in [1.82, 2.24) is 19.7 Å². The summed E-state index contributed by atoms with van der Waals surface area (Å²) in [6.45, 7) is -0.538. The normalized spacial score (nSPS) is 10.6. The fourth-order valence-electron chi connectivity index (χ4n) is 2.22. The zero-order chi connectivity index (χ0) is 19.4. The highest BCUT2D eigenvalue weighted by Gasteiger charge is 2.12. The number of hydrogen-bond donors (Lipinski definition) is 3. The van der Waals surface area contributed by atoms with Gasteiger partial charge in [0.15, 0.2) is 0 Å². The van der Waals surface area contributed by atoms with Crippen LogP contribution in [0.1, 0.15) is 5.56 Å². The summed E-state index contributed by atoms with van der Waals surface area (Å²) in [4.78, 5) is 18.8. The first-order valence-corrected chi connectivity index (χ1v) is 7.62. The van der Waals surface area contributed by atoms with Gasteiger partial charge >= 0.3 is 5.97 Å². The number of carbonyl (C=O) groups is 1. The highest BCUT2D eigenvalue weighted by Crippen LogP contribution is 2.17. The van der Waals surface area contributed by atoms with Crippen LogP contribution in [0.3, 0.4) is 0 Å². The van der Waals surface area contributed by atoms with Crippen molar-refractivity contribution in [2.75, 3.05) is 10.6 Å². The van der Waals surface area contributed by atoms with E-state index in [9.17, 15) is 18.0 Å². The first-order valence-electron chi connectivity index (χ1n) is 7.62. The zero-order valence-corrected chi connectivity index (χ0v) is 13.7. The summed E-state index contributed by atoms with van der Waals surface area (Å²) in [6.07, 6.45) is 4.27. The van der Waals surface area contributed by atoms with Crippen LogP contribution in [0.4, 0.5) is 30.6 Å². The third-order valence-electron chi connectivity index (χ3n) is 3.39. The maximum Gasteiger partial charge on any atom is 0.325 e. The largest absolute Gasteiger partial charge is 0.480 e. The van der Waals surface area contributed by atoms with Crippen LogP contribution in [-0.2, 0) is 17.9 Å². The van der Waals surface area contributed by atoms with E-state index in [-0.39, 0.29) is 30.4 Å². The Balaban J connectivity index is 1.67. The van der Waals surface area contributed by atoms with Crippen molar-refractivity contribution in [3.63, 3.8) is 0 Å². The van der Waals surface area contributed by atoms with E-state index in [4.69, 9.17) is 5.11 Å². The van der Waals surface area contributed by atoms with Gasteiger partial charge in [-0.1, -0.05) is 0 Å². The van der Waals surface area contributed by atoms with Crippen LogP contribution in [0.5, 0.6) is 0 Å². The molecule has 3 N–H and O–H groups in total. The van der Waals surface area contributed by atoms with Gasteiger partial charge in [-0.15, -0.1) is 0 Å². The summed E-state index contributed by atoms with van der Waals surface area (Å²) >= 11 is 0. The first kappa shape index (κ1) is 18.2. The number of anilines is 3. The molecule has 0 radical (unpaired) electrons. The van der Waals surface area contributed by atoms with Gasteiger partial charge in [0.1, 0.15) is 29.8 Å². The molecule has 0 saturated carbocycles. The van der Waals surface area contributed by atoms with Gasteiger partial charge in [0.05, 0.1) is 11.9 Å². The number of benzene rings is 1. The van der Waals surface area contributed by atoms with Crippen LogP contribution >= 0.6 is 0 Å². The lowest BCUT2D eigenvalue weighted by Crippen LogP contribution is -2.08. The second kappa shape index (κ2) is 7.72. The lowest BCUT2D eigenvalue weighted by atomic mass is 10.2. The van der Waals surface area contributed by atoms with Gasteiger partial charge in [0.25, 0.3) is 0 Å². The molecule has 3 rings (SSSR count). The summed E-state index contributed by atoms with van der Waals surface area (Å²) in [5.74, 6) is -3.60. The molecule has 0 spiro atoms. The van der Waals surface area contributed by atoms with E-state index in [1.165, 1.54) is 29.3 Å². The van der Waals surface area contributed by atoms with E-state index >= 15 is 0 Å². The molecule has 0 bridgehead atoms. The Morgan fingerprint density at radius 1 is 1.22 bits per heavy atom. The average Bonchev–Trinajstić information content (AvgIpc) is 3.00. The topological polar surface area (TPSA) is 105 Å². The molecular formula is C16H13F3N6O2. The van der Waals surface area contributed by atoms with Crippen molar-refractivity contribution in [2.24, 2.45) is 0 Å². The van der Waals surface area contributed by atoms with Crippen molar-refractivity contribution < 1.29 is 23.1 Å². The van der Waals surface area contributed by atoms with E-state index in [1.54, 1.807) is 0 Å². The Kier molecular flexibility index (Phi) is 5.20. The van der Waals surface area contributed by atoms with Crippen LogP contribution in [0.25, 0.3) is 0 Å². The maximum atomic E-state index is 13.7. The Morgan fingerprint density at radius 2 is 1.96 bits per heavy atom. The van der Waals surface area contributed by atoms with Crippen molar-refractivity contribution in [3.05, 3.63) is 59.8 Å². The van der Waals surface area contributed by atoms with Crippen molar-refractivity contribution in [1.29, 1.82) is 0 Å². The molecule has 0 aliphatic carbocycles. The second-order valence-electron chi connectivity index (χ2n) is 5.41. The van der Waals surface area contributed by atoms with Gasteiger partial charge < -0.3 is 15.7 Å². The minimum absolute atomic E-state index is 0.162. The van der Waals surface area contributed by atoms with Crippen molar-refractivity contribution >= 4 is 23.4 Å². The fourth-order valence-corrected chi connectivity index (χ4v) is 2.22. The molecule has 0 fully saturated rings. The molecule has 0 atom stereocenters. The van der Waals surface area contributed by atoms with Crippen LogP contribution in [0, 0.1) is 17.5 Å². The van der Waals surface area contributed by atoms with Crippen LogP contribution in [0.15, 0.2) is 36.8 Å². The zero-order valence-electron chi connectivity index (χ0n) is 13.7. The molecule has 2 aromatic heterocycles. The number of halogens is 3. The average molecular weight is 378 g/mol. The summed E-state index contributed by atoms with van der Waals surface area (Å²) < 4.78 is 41.5. The molecule has 0 unspecified atom stereocenters. The summed E-state index contributed by atoms with van der Waals surface area (Å²) in [5.41, 5.74) is 0.142. The number of hydrogen-bond acceptors (Lipinski definition) is 6. The number of aliphatic carboxylic acids is 1. The molecule has 140 valence electrons. The Labute approximate surface area is 150 Å². The van der Waals surface area contributed by atoms with Gasteiger partial charge in [-0.2, -0.15) is 10.1 Å². The first-order chi connectivity index (χ1) is 12.9. The van der Waals surface area contributed by atoms with Gasteiger partial charge in [-0.3, -0.25) is 9.48 Å². The lowest BCUT2D eigenvalue weighted by Gasteiger charge is -2.09. The van der Waals surface area contributed by atoms with E-state index in [0.29, 0.717) is 17.8 Å². The standard InChI is InChI=1S/C16H13F3N6O2/c17-9-3-12(18)11(13(19)4-9)6-21-14-1-2-20-16(24-14)23-10-5-22-25(7-10)8-15(26)27/h1-5,7H,6,8H2,(H,26,27)(H2,20,21,23,24). The van der Waals surface area contributed by atoms with E-state index in [1.807, 2.05) is 0 Å². The van der Waals surface area contributed by atoms with Crippen LogP contribution < -0.4 is 10.6 Å². The highest BCUT2D eigenvalue weighted by atomic mass is 19.1. The number of nitrogens with one attached hydrogen (secondary N) is 2. The molecule has 0 amide bonds. The Bertz CT molecular complexity index is 955. The van der Waals surface area contributed by atoms with E-state index < -0.39 is 23.4 Å². The second-order valence-corrected chi connectivity index (χ2v) is 5.41. The highest BCUT2D eigenvalue weighted by molar-refractivity contribution is 5.66. The molecular weight excluding hydrogens is 365 g/mol. The molecule has 27 heavy (non-hydrogen) atoms. The maximum absolute atomic E-state index is 13.7. The van der Waals surface area contributed by atoms with E-state index in [0.717, 1.165) is 0 Å². The number of rotatable bonds is 7. The minimum atomic E-state index is -1.03. The Hall–Kier alpha value is -3.63. The summed E-state index contributed by atoms with van der Waals surface area (Å²) in [7, 11) is 0. The fraction of sp³-hybridized carbons (Fsp3) is 0.125. The molecule has 0 aliphatic rings. The molecule has 0 aliphatic heterocycles. The summed E-state index contributed by atoms with van der Waals surface area (Å²) in [5, 5.41) is 18.1. The number of aromatic nitrogens is 4. The van der Waals surface area contributed by atoms with Gasteiger partial charge in [0.2, 0.25) is 5.95 Å². The Morgan fingerprint density at radius 3 is 2.67 bits per heavy atom. The smallest absolute Gasteiger partial charge is 0.325 e. The summed E-state index contributed by atoms with van der Waals surface area (Å²) in [6, 6.07) is 2.68. The lowest BCUT2D eigenvalue weighted by molar-refractivity contribution is -0.137. The van der Waals surface area contributed by atoms with Crippen LogP contribution in [-0.4, -0.2) is 30.8 Å². The third kappa shape index (κ3) is 4.71. The molecule has 0 saturated heterocycles. The van der Waals surface area contributed by atoms with Gasteiger partial charge in [0, 0.05) is 36.6 Å². The van der Waals surface area contributed by atoms with Gasteiger partial charge in [-0.25, -0.2) is 18.2 Å². The number of carboxylic acid groups (broad SMARTS) is 1. The molecule has 3 aromatic rings. The SMILES string of the molecule is O=C(O)Cn1cc(Nc2nccc(NCc3c(F)cc(F)cc3F)n2)cn1. The predicted octanol–water partition coefficient (Wildman–Crippen LogP) is 2.53. The van der Waals surface area contributed by atoms with E-state index in [2.05, 4.69) is 25.7 Å². The number of nitrogens with zero attached hydrogens (tertiary/aromatic N) is 4. The van der Waals surface area contributed by atoms with Gasteiger partial charge in [-0.05, 0) is 6.07 Å².